The summed E-state index contributed by atoms with van der Waals surface area (Å²) in [6, 6.07) is 0.161. The zero-order chi connectivity index (χ0) is 11.1. The minimum atomic E-state index is 0.161. The molecule has 0 saturated carbocycles. The molecule has 0 aromatic rings. The van der Waals surface area contributed by atoms with Crippen LogP contribution in [0.2, 0.25) is 0 Å². The zero-order valence-corrected chi connectivity index (χ0v) is 9.54. The Bertz CT molecular complexity index is 226. The van der Waals surface area contributed by atoms with Crippen LogP contribution in [0.25, 0.3) is 0 Å². The average Bonchev–Trinajstić information content (AvgIpc) is 2.29. The molecule has 3 heteroatoms. The van der Waals surface area contributed by atoms with Gasteiger partial charge in [-0.25, -0.2) is 0 Å². The van der Waals surface area contributed by atoms with Crippen LogP contribution in [0.4, 0.5) is 0 Å². The highest BCUT2D eigenvalue weighted by Gasteiger charge is 2.20. The Hall–Kier alpha value is -0.830. The van der Waals surface area contributed by atoms with Crippen molar-refractivity contribution < 1.29 is 4.79 Å². The Morgan fingerprint density at radius 2 is 2.40 bits per heavy atom. The molecule has 0 aliphatic heterocycles. The predicted molar refractivity (Wildman–Crippen MR) is 62.4 cm³/mol. The minimum Gasteiger partial charge on any atom is -0.352 e. The van der Waals surface area contributed by atoms with E-state index in [-0.39, 0.29) is 17.9 Å². The van der Waals surface area contributed by atoms with Crippen molar-refractivity contribution in [2.24, 2.45) is 11.7 Å². The molecule has 1 amide bonds. The van der Waals surface area contributed by atoms with Crippen molar-refractivity contribution in [3.8, 4) is 0 Å². The van der Waals surface area contributed by atoms with Crippen LogP contribution in [0.3, 0.4) is 0 Å². The SMILES string of the molecule is CCCC(CN)NC(=O)C1CC=CCC1. The van der Waals surface area contributed by atoms with Crippen molar-refractivity contribution in [1.82, 2.24) is 5.32 Å². The smallest absolute Gasteiger partial charge is 0.223 e. The van der Waals surface area contributed by atoms with Gasteiger partial charge in [-0.1, -0.05) is 25.5 Å². The van der Waals surface area contributed by atoms with Crippen LogP contribution in [-0.4, -0.2) is 18.5 Å². The maximum atomic E-state index is 11.8. The lowest BCUT2D eigenvalue weighted by atomic mass is 9.93. The molecular weight excluding hydrogens is 188 g/mol. The van der Waals surface area contributed by atoms with E-state index in [1.54, 1.807) is 0 Å². The third kappa shape index (κ3) is 4.04. The second-order valence-corrected chi connectivity index (χ2v) is 4.21. The number of amides is 1. The Morgan fingerprint density at radius 1 is 1.60 bits per heavy atom. The number of hydrogen-bond donors (Lipinski definition) is 2. The van der Waals surface area contributed by atoms with Gasteiger partial charge in [-0.15, -0.1) is 0 Å². The van der Waals surface area contributed by atoms with Crippen molar-refractivity contribution in [3.05, 3.63) is 12.2 Å². The molecule has 0 heterocycles. The van der Waals surface area contributed by atoms with E-state index >= 15 is 0 Å². The molecule has 2 atom stereocenters. The largest absolute Gasteiger partial charge is 0.352 e. The Kier molecular flexibility index (Phi) is 5.40. The molecule has 0 spiro atoms. The molecule has 0 saturated heterocycles. The molecule has 0 bridgehead atoms. The fourth-order valence-electron chi connectivity index (χ4n) is 1.95. The molecule has 1 rings (SSSR count). The maximum absolute atomic E-state index is 11.8. The summed E-state index contributed by atoms with van der Waals surface area (Å²) in [5.41, 5.74) is 5.61. The third-order valence-corrected chi connectivity index (χ3v) is 2.91. The first kappa shape index (κ1) is 12.2. The van der Waals surface area contributed by atoms with Gasteiger partial charge in [0.15, 0.2) is 0 Å². The van der Waals surface area contributed by atoms with Gasteiger partial charge >= 0.3 is 0 Å². The molecule has 86 valence electrons. The Labute approximate surface area is 92.1 Å². The Morgan fingerprint density at radius 3 is 2.93 bits per heavy atom. The van der Waals surface area contributed by atoms with E-state index in [0.29, 0.717) is 6.54 Å². The summed E-state index contributed by atoms with van der Waals surface area (Å²) in [5.74, 6) is 0.351. The van der Waals surface area contributed by atoms with Crippen LogP contribution < -0.4 is 11.1 Å². The van der Waals surface area contributed by atoms with Gasteiger partial charge in [-0.3, -0.25) is 4.79 Å². The summed E-state index contributed by atoms with van der Waals surface area (Å²) in [6.07, 6.45) is 9.18. The van der Waals surface area contributed by atoms with E-state index in [0.717, 1.165) is 32.1 Å². The topological polar surface area (TPSA) is 55.1 Å². The average molecular weight is 210 g/mol. The van der Waals surface area contributed by atoms with Gasteiger partial charge in [0.2, 0.25) is 5.91 Å². The number of carbonyl (C=O) groups excluding carboxylic acids is 1. The van der Waals surface area contributed by atoms with Crippen LogP contribution in [0.1, 0.15) is 39.0 Å². The molecule has 2 unspecified atom stereocenters. The number of nitrogens with one attached hydrogen (secondary N) is 1. The molecule has 0 aromatic carbocycles. The first-order valence-corrected chi connectivity index (χ1v) is 5.93. The summed E-state index contributed by atoms with van der Waals surface area (Å²) in [6.45, 7) is 2.65. The molecule has 0 radical (unpaired) electrons. The first-order chi connectivity index (χ1) is 7.27. The summed E-state index contributed by atoms with van der Waals surface area (Å²) >= 11 is 0. The Balaban J connectivity index is 2.35. The van der Waals surface area contributed by atoms with Crippen LogP contribution in [-0.2, 0) is 4.79 Å². The molecule has 0 fully saturated rings. The van der Waals surface area contributed by atoms with Crippen LogP contribution >= 0.6 is 0 Å². The van der Waals surface area contributed by atoms with Gasteiger partial charge < -0.3 is 11.1 Å². The summed E-state index contributed by atoms with van der Waals surface area (Å²) in [7, 11) is 0. The number of allylic oxidation sites excluding steroid dienone is 2. The zero-order valence-electron chi connectivity index (χ0n) is 9.54. The van der Waals surface area contributed by atoms with Gasteiger partial charge in [0.1, 0.15) is 0 Å². The monoisotopic (exact) mass is 210 g/mol. The van der Waals surface area contributed by atoms with Gasteiger partial charge in [-0.2, -0.15) is 0 Å². The predicted octanol–water partition coefficient (Wildman–Crippen LogP) is 1.59. The highest BCUT2D eigenvalue weighted by atomic mass is 16.1. The molecule has 15 heavy (non-hydrogen) atoms. The highest BCUT2D eigenvalue weighted by molar-refractivity contribution is 5.79. The van der Waals surface area contributed by atoms with Crippen molar-refractivity contribution in [1.29, 1.82) is 0 Å². The minimum absolute atomic E-state index is 0.161. The van der Waals surface area contributed by atoms with E-state index in [2.05, 4.69) is 24.4 Å². The third-order valence-electron chi connectivity index (χ3n) is 2.91. The highest BCUT2D eigenvalue weighted by Crippen LogP contribution is 2.18. The van der Waals surface area contributed by atoms with Crippen molar-refractivity contribution in [3.63, 3.8) is 0 Å². The second-order valence-electron chi connectivity index (χ2n) is 4.21. The van der Waals surface area contributed by atoms with E-state index in [4.69, 9.17) is 5.73 Å². The van der Waals surface area contributed by atoms with E-state index in [1.807, 2.05) is 0 Å². The fourth-order valence-corrected chi connectivity index (χ4v) is 1.95. The van der Waals surface area contributed by atoms with Crippen LogP contribution in [0.15, 0.2) is 12.2 Å². The standard InChI is InChI=1S/C12H22N2O/c1-2-6-11(9-13)14-12(15)10-7-4-3-5-8-10/h3-4,10-11H,2,5-9,13H2,1H3,(H,14,15). The quantitative estimate of drug-likeness (QED) is 0.677. The summed E-state index contributed by atoms with van der Waals surface area (Å²) < 4.78 is 0. The van der Waals surface area contributed by atoms with Gasteiger partial charge in [0, 0.05) is 18.5 Å². The fraction of sp³-hybridized carbons (Fsp3) is 0.750. The molecule has 3 N–H and O–H groups in total. The normalized spacial score (nSPS) is 22.4. The molecule has 0 aromatic heterocycles. The van der Waals surface area contributed by atoms with E-state index in [9.17, 15) is 4.79 Å². The van der Waals surface area contributed by atoms with Gasteiger partial charge in [0.05, 0.1) is 0 Å². The molecular formula is C12H22N2O. The number of rotatable bonds is 5. The van der Waals surface area contributed by atoms with Gasteiger partial charge in [0.25, 0.3) is 0 Å². The summed E-state index contributed by atoms with van der Waals surface area (Å²) in [5, 5.41) is 3.04. The number of hydrogen-bond acceptors (Lipinski definition) is 2. The molecule has 1 aliphatic carbocycles. The molecule has 1 aliphatic rings. The lowest BCUT2D eigenvalue weighted by Gasteiger charge is -2.22. The summed E-state index contributed by atoms with van der Waals surface area (Å²) in [4.78, 5) is 11.8. The maximum Gasteiger partial charge on any atom is 0.223 e. The van der Waals surface area contributed by atoms with E-state index < -0.39 is 0 Å². The van der Waals surface area contributed by atoms with Crippen LogP contribution in [0, 0.1) is 5.92 Å². The first-order valence-electron chi connectivity index (χ1n) is 5.93. The van der Waals surface area contributed by atoms with Crippen molar-refractivity contribution >= 4 is 5.91 Å². The lowest BCUT2D eigenvalue weighted by molar-refractivity contribution is -0.125. The lowest BCUT2D eigenvalue weighted by Crippen LogP contribution is -2.43. The second kappa shape index (κ2) is 6.62. The van der Waals surface area contributed by atoms with Gasteiger partial charge in [-0.05, 0) is 25.7 Å². The number of carbonyl (C=O) groups is 1. The van der Waals surface area contributed by atoms with Crippen molar-refractivity contribution in [2.75, 3.05) is 6.54 Å². The van der Waals surface area contributed by atoms with Crippen LogP contribution in [0.5, 0.6) is 0 Å². The van der Waals surface area contributed by atoms with Crippen molar-refractivity contribution in [2.45, 2.75) is 45.1 Å². The van der Waals surface area contributed by atoms with E-state index in [1.165, 1.54) is 0 Å². The molecule has 3 nitrogen and oxygen atoms in total. The number of nitrogens with two attached hydrogens (primary N) is 1.